The van der Waals surface area contributed by atoms with Crippen LogP contribution in [-0.2, 0) is 4.79 Å². The fraction of sp³-hybridized carbons (Fsp3) is 0.172. The lowest BCUT2D eigenvalue weighted by molar-refractivity contribution is -0.116. The van der Waals surface area contributed by atoms with Crippen LogP contribution in [0.3, 0.4) is 0 Å². The monoisotopic (exact) mass is 512 g/mol. The van der Waals surface area contributed by atoms with Crippen molar-refractivity contribution in [2.45, 2.75) is 32.1 Å². The number of hydrogen-bond donors (Lipinski definition) is 2. The molecule has 0 aromatic heterocycles. The molecule has 5 rings (SSSR count). The maximum Gasteiger partial charge on any atom is 0.161 e. The molecule has 0 saturated heterocycles. The van der Waals surface area contributed by atoms with Crippen LogP contribution in [0.2, 0.25) is 0 Å². The number of ketones is 1. The number of Topliss-reactive ketones (excluding diaryl/α,β-unsaturated/α-hetero) is 1. The van der Waals surface area contributed by atoms with E-state index in [1.165, 1.54) is 0 Å². The number of aliphatic hydroxyl groups is 1. The first-order valence-corrected chi connectivity index (χ1v) is 12.2. The zero-order valence-electron chi connectivity index (χ0n) is 18.9. The highest BCUT2D eigenvalue weighted by atomic mass is 79.9. The number of benzene rings is 3. The minimum absolute atomic E-state index is 0.0308. The third-order valence-electron chi connectivity index (χ3n) is 6.55. The summed E-state index contributed by atoms with van der Waals surface area (Å²) in [4.78, 5) is 15.3. The summed E-state index contributed by atoms with van der Waals surface area (Å²) in [5.41, 5.74) is 5.45. The van der Waals surface area contributed by atoms with Crippen LogP contribution in [0.25, 0.3) is 5.76 Å². The van der Waals surface area contributed by atoms with Crippen LogP contribution >= 0.6 is 15.9 Å². The Bertz CT molecular complexity index is 1320. The molecule has 34 heavy (non-hydrogen) atoms. The van der Waals surface area contributed by atoms with Gasteiger partial charge < -0.3 is 5.11 Å². The van der Waals surface area contributed by atoms with Crippen LogP contribution in [0.4, 0.5) is 5.69 Å². The Morgan fingerprint density at radius 2 is 1.65 bits per heavy atom. The van der Waals surface area contributed by atoms with Crippen LogP contribution in [0.5, 0.6) is 0 Å². The van der Waals surface area contributed by atoms with Crippen molar-refractivity contribution in [1.82, 2.24) is 0 Å². The van der Waals surface area contributed by atoms with Crippen molar-refractivity contribution in [1.29, 1.82) is 5.41 Å². The lowest BCUT2D eigenvalue weighted by Gasteiger charge is -2.41. The second-order valence-electron chi connectivity index (χ2n) is 8.77. The molecular weight excluding hydrogens is 488 g/mol. The zero-order valence-corrected chi connectivity index (χ0v) is 20.5. The Morgan fingerprint density at radius 3 is 2.32 bits per heavy atom. The minimum Gasteiger partial charge on any atom is -0.507 e. The van der Waals surface area contributed by atoms with Gasteiger partial charge in [-0.1, -0.05) is 76.1 Å². The Kier molecular flexibility index (Phi) is 5.96. The number of carbonyl (C=O) groups excluding carboxylic acids is 1. The van der Waals surface area contributed by atoms with Crippen molar-refractivity contribution >= 4 is 39.0 Å². The van der Waals surface area contributed by atoms with Crippen LogP contribution < -0.4 is 4.90 Å². The predicted molar refractivity (Wildman–Crippen MR) is 140 cm³/mol. The van der Waals surface area contributed by atoms with Gasteiger partial charge in [-0.25, -0.2) is 0 Å². The first-order chi connectivity index (χ1) is 16.5. The number of hydrogen-bond acceptors (Lipinski definition) is 3. The molecule has 2 aliphatic rings. The summed E-state index contributed by atoms with van der Waals surface area (Å²) in [5.74, 6) is -0.187. The first kappa shape index (κ1) is 22.4. The Hall–Kier alpha value is -3.44. The number of aryl methyl sites for hydroxylation is 1. The van der Waals surface area contributed by atoms with Gasteiger partial charge in [0.2, 0.25) is 0 Å². The molecule has 1 aliphatic carbocycles. The maximum atomic E-state index is 13.5. The van der Waals surface area contributed by atoms with Crippen molar-refractivity contribution in [2.24, 2.45) is 0 Å². The molecule has 4 nitrogen and oxygen atoms in total. The average molecular weight is 513 g/mol. The van der Waals surface area contributed by atoms with Crippen LogP contribution in [0, 0.1) is 12.3 Å². The molecule has 2 N–H and O–H groups in total. The summed E-state index contributed by atoms with van der Waals surface area (Å²) in [6.45, 7) is 2.02. The summed E-state index contributed by atoms with van der Waals surface area (Å²) in [5, 5.41) is 20.9. The van der Waals surface area contributed by atoms with E-state index in [4.69, 9.17) is 0 Å². The van der Waals surface area contributed by atoms with Crippen molar-refractivity contribution in [2.75, 3.05) is 4.90 Å². The molecule has 0 bridgehead atoms. The first-order valence-electron chi connectivity index (χ1n) is 11.4. The quantitative estimate of drug-likeness (QED) is 0.361. The van der Waals surface area contributed by atoms with E-state index in [2.05, 4.69) is 15.9 Å². The molecule has 1 aliphatic heterocycles. The normalized spacial score (nSPS) is 19.8. The van der Waals surface area contributed by atoms with E-state index in [0.29, 0.717) is 29.6 Å². The van der Waals surface area contributed by atoms with Crippen molar-refractivity contribution < 1.29 is 9.90 Å². The van der Waals surface area contributed by atoms with E-state index in [0.717, 1.165) is 33.4 Å². The van der Waals surface area contributed by atoms with Gasteiger partial charge in [-0.2, -0.15) is 0 Å². The molecule has 3 aromatic carbocycles. The molecule has 0 amide bonds. The SMILES string of the molecule is Cc1ccc([C@H]2C(=C(O)c3ccccc3)C(=N)N(c3ccc(Br)cc3)C3=C2C(=O)CCC3)cc1. The average Bonchev–Trinajstić information content (AvgIpc) is 2.85. The van der Waals surface area contributed by atoms with Crippen LogP contribution in [-0.4, -0.2) is 16.7 Å². The second-order valence-corrected chi connectivity index (χ2v) is 9.69. The highest BCUT2D eigenvalue weighted by Gasteiger charge is 2.43. The third-order valence-corrected chi connectivity index (χ3v) is 7.08. The second kappa shape index (κ2) is 9.07. The Balaban J connectivity index is 1.82. The number of rotatable bonds is 3. The van der Waals surface area contributed by atoms with E-state index in [1.54, 1.807) is 0 Å². The molecule has 0 spiro atoms. The summed E-state index contributed by atoms with van der Waals surface area (Å²) >= 11 is 3.49. The standard InChI is InChI=1S/C29H25BrN2O2/c1-18-10-12-19(13-11-18)25-26-23(8-5-9-24(26)33)32(22-16-14-21(30)15-17-22)29(31)27(25)28(34)20-6-3-2-4-7-20/h2-4,6-7,10-17,25,31,34H,5,8-9H2,1H3/t25-/m1/s1. The molecule has 0 unspecified atom stereocenters. The lowest BCUT2D eigenvalue weighted by atomic mass is 9.73. The molecular formula is C29H25BrN2O2. The van der Waals surface area contributed by atoms with Crippen LogP contribution in [0.15, 0.2) is 100 Å². The van der Waals surface area contributed by atoms with Gasteiger partial charge in [0.05, 0.1) is 0 Å². The fourth-order valence-electron chi connectivity index (χ4n) is 4.91. The highest BCUT2D eigenvalue weighted by molar-refractivity contribution is 9.10. The number of halogens is 1. The van der Waals surface area contributed by atoms with E-state index >= 15 is 0 Å². The van der Waals surface area contributed by atoms with Gasteiger partial charge in [-0.3, -0.25) is 15.1 Å². The zero-order chi connectivity index (χ0) is 23.8. The minimum atomic E-state index is -0.497. The van der Waals surface area contributed by atoms with Gasteiger partial charge in [0.25, 0.3) is 0 Å². The van der Waals surface area contributed by atoms with E-state index in [-0.39, 0.29) is 17.4 Å². The molecule has 170 valence electrons. The molecule has 0 saturated carbocycles. The number of nitrogens with zero attached hydrogens (tertiary/aromatic N) is 1. The number of allylic oxidation sites excluding steroid dienone is 2. The number of aliphatic hydroxyl groups excluding tert-OH is 1. The molecule has 1 heterocycles. The molecule has 0 radical (unpaired) electrons. The third kappa shape index (κ3) is 3.90. The number of amidine groups is 1. The highest BCUT2D eigenvalue weighted by Crippen LogP contribution is 2.47. The topological polar surface area (TPSA) is 64.4 Å². The van der Waals surface area contributed by atoms with Crippen molar-refractivity contribution in [3.63, 3.8) is 0 Å². The number of nitrogens with one attached hydrogen (secondary N) is 1. The maximum absolute atomic E-state index is 13.5. The summed E-state index contributed by atoms with van der Waals surface area (Å²) in [6.07, 6.45) is 1.94. The molecule has 1 atom stereocenters. The number of anilines is 1. The molecule has 5 heteroatoms. The molecule has 0 fully saturated rings. The van der Waals surface area contributed by atoms with Gasteiger partial charge in [0.15, 0.2) is 5.78 Å². The van der Waals surface area contributed by atoms with Crippen molar-refractivity contribution in [3.8, 4) is 0 Å². The van der Waals surface area contributed by atoms with E-state index in [9.17, 15) is 15.3 Å². The van der Waals surface area contributed by atoms with Gasteiger partial charge in [-0.15, -0.1) is 0 Å². The van der Waals surface area contributed by atoms with Gasteiger partial charge in [0.1, 0.15) is 11.6 Å². The van der Waals surface area contributed by atoms with Crippen molar-refractivity contribution in [3.05, 3.63) is 117 Å². The summed E-state index contributed by atoms with van der Waals surface area (Å²) in [7, 11) is 0. The Labute approximate surface area is 207 Å². The van der Waals surface area contributed by atoms with E-state index < -0.39 is 5.92 Å². The van der Waals surface area contributed by atoms with Crippen LogP contribution in [0.1, 0.15) is 41.9 Å². The predicted octanol–water partition coefficient (Wildman–Crippen LogP) is 7.31. The van der Waals surface area contributed by atoms with Gasteiger partial charge in [-0.05, 0) is 49.6 Å². The summed E-state index contributed by atoms with van der Waals surface area (Å²) < 4.78 is 0.939. The van der Waals surface area contributed by atoms with Gasteiger partial charge >= 0.3 is 0 Å². The lowest BCUT2D eigenvalue weighted by Crippen LogP contribution is -2.42. The fourth-order valence-corrected chi connectivity index (χ4v) is 5.18. The number of carbonyl (C=O) groups is 1. The smallest absolute Gasteiger partial charge is 0.161 e. The summed E-state index contributed by atoms with van der Waals surface area (Å²) in [6, 6.07) is 25.1. The van der Waals surface area contributed by atoms with Gasteiger partial charge in [0, 0.05) is 44.9 Å². The molecule has 3 aromatic rings. The largest absolute Gasteiger partial charge is 0.507 e. The Morgan fingerprint density at radius 1 is 0.971 bits per heavy atom. The van der Waals surface area contributed by atoms with E-state index in [1.807, 2.05) is 90.7 Å².